The molecule has 0 aromatic carbocycles. The van der Waals surface area contributed by atoms with Gasteiger partial charge in [0.25, 0.3) is 0 Å². The quantitative estimate of drug-likeness (QED) is 0.797. The minimum absolute atomic E-state index is 0.174. The molecule has 5 heteroatoms. The lowest BCUT2D eigenvalue weighted by atomic mass is 10.0. The van der Waals surface area contributed by atoms with Crippen LogP contribution in [0.3, 0.4) is 0 Å². The molecular weight excluding hydrogens is 242 g/mol. The summed E-state index contributed by atoms with van der Waals surface area (Å²) in [4.78, 5) is 16.9. The first-order valence-electron chi connectivity index (χ1n) is 7.39. The molecule has 110 valence electrons. The van der Waals surface area contributed by atoms with Crippen molar-refractivity contribution in [3.05, 3.63) is 0 Å². The molecule has 3 atom stereocenters. The monoisotopic (exact) mass is 269 g/mol. The Morgan fingerprint density at radius 2 is 2.16 bits per heavy atom. The van der Waals surface area contributed by atoms with Crippen molar-refractivity contribution in [3.63, 3.8) is 0 Å². The SMILES string of the molecule is COCCN1CCN(C(=O)C2CCC(N)C2)CC1C. The van der Waals surface area contributed by atoms with Crippen LogP contribution in [0.5, 0.6) is 0 Å². The second-order valence-electron chi connectivity index (χ2n) is 5.93. The first kappa shape index (κ1) is 14.8. The fraction of sp³-hybridized carbons (Fsp3) is 0.929. The van der Waals surface area contributed by atoms with Crippen molar-refractivity contribution in [3.8, 4) is 0 Å². The summed E-state index contributed by atoms with van der Waals surface area (Å²) in [6, 6.07) is 0.650. The lowest BCUT2D eigenvalue weighted by Crippen LogP contribution is -2.55. The number of carbonyl (C=O) groups excluding carboxylic acids is 1. The van der Waals surface area contributed by atoms with Crippen molar-refractivity contribution in [2.75, 3.05) is 39.9 Å². The highest BCUT2D eigenvalue weighted by atomic mass is 16.5. The maximum atomic E-state index is 12.4. The number of nitrogens with zero attached hydrogens (tertiary/aromatic N) is 2. The van der Waals surface area contributed by atoms with Crippen LogP contribution in [0.2, 0.25) is 0 Å². The van der Waals surface area contributed by atoms with Crippen molar-refractivity contribution in [1.82, 2.24) is 9.80 Å². The molecule has 2 fully saturated rings. The Labute approximate surface area is 116 Å². The van der Waals surface area contributed by atoms with Gasteiger partial charge in [-0.3, -0.25) is 9.69 Å². The average molecular weight is 269 g/mol. The standard InChI is InChI=1S/C14H27N3O2/c1-11-10-17(6-5-16(11)7-8-19-2)14(18)12-3-4-13(15)9-12/h11-13H,3-10,15H2,1-2H3. The lowest BCUT2D eigenvalue weighted by Gasteiger charge is -2.40. The van der Waals surface area contributed by atoms with Crippen molar-refractivity contribution < 1.29 is 9.53 Å². The van der Waals surface area contributed by atoms with Gasteiger partial charge in [0.1, 0.15) is 0 Å². The number of hydrogen-bond acceptors (Lipinski definition) is 4. The summed E-state index contributed by atoms with van der Waals surface area (Å²) in [6.07, 6.45) is 2.84. The molecular formula is C14H27N3O2. The van der Waals surface area contributed by atoms with E-state index in [-0.39, 0.29) is 12.0 Å². The Hall–Kier alpha value is -0.650. The van der Waals surface area contributed by atoms with E-state index in [2.05, 4.69) is 11.8 Å². The lowest BCUT2D eigenvalue weighted by molar-refractivity contribution is -0.138. The number of methoxy groups -OCH3 is 1. The molecule has 1 saturated carbocycles. The van der Waals surface area contributed by atoms with E-state index >= 15 is 0 Å². The minimum atomic E-state index is 0.174. The van der Waals surface area contributed by atoms with Crippen LogP contribution in [0, 0.1) is 5.92 Å². The topological polar surface area (TPSA) is 58.8 Å². The van der Waals surface area contributed by atoms with Crippen molar-refractivity contribution in [2.24, 2.45) is 11.7 Å². The highest BCUT2D eigenvalue weighted by molar-refractivity contribution is 5.79. The Balaban J connectivity index is 1.82. The molecule has 2 rings (SSSR count). The average Bonchev–Trinajstić information content (AvgIpc) is 2.83. The first-order valence-corrected chi connectivity index (χ1v) is 7.39. The molecule has 0 aromatic rings. The molecule has 1 aliphatic heterocycles. The zero-order valence-electron chi connectivity index (χ0n) is 12.2. The number of carbonyl (C=O) groups is 1. The number of amides is 1. The normalized spacial score (nSPS) is 32.8. The molecule has 1 aliphatic carbocycles. The molecule has 19 heavy (non-hydrogen) atoms. The molecule has 2 N–H and O–H groups in total. The third kappa shape index (κ3) is 3.68. The number of ether oxygens (including phenoxy) is 1. The van der Waals surface area contributed by atoms with Gasteiger partial charge in [0, 0.05) is 51.3 Å². The van der Waals surface area contributed by atoms with Crippen LogP contribution in [0.1, 0.15) is 26.2 Å². The van der Waals surface area contributed by atoms with Gasteiger partial charge < -0.3 is 15.4 Å². The summed E-state index contributed by atoms with van der Waals surface area (Å²) < 4.78 is 5.12. The van der Waals surface area contributed by atoms with E-state index in [1.165, 1.54) is 0 Å². The molecule has 0 aromatic heterocycles. The molecule has 1 heterocycles. The maximum Gasteiger partial charge on any atom is 0.225 e. The third-order valence-corrected chi connectivity index (χ3v) is 4.48. The highest BCUT2D eigenvalue weighted by Crippen LogP contribution is 2.26. The van der Waals surface area contributed by atoms with E-state index in [0.29, 0.717) is 11.9 Å². The van der Waals surface area contributed by atoms with E-state index in [9.17, 15) is 4.79 Å². The summed E-state index contributed by atoms with van der Waals surface area (Å²) in [5, 5.41) is 0. The van der Waals surface area contributed by atoms with Gasteiger partial charge >= 0.3 is 0 Å². The molecule has 0 spiro atoms. The first-order chi connectivity index (χ1) is 9.11. The van der Waals surface area contributed by atoms with E-state index in [1.807, 2.05) is 4.90 Å². The summed E-state index contributed by atoms with van der Waals surface area (Å²) in [5.41, 5.74) is 5.90. The molecule has 3 unspecified atom stereocenters. The van der Waals surface area contributed by atoms with Crippen molar-refractivity contribution in [2.45, 2.75) is 38.3 Å². The van der Waals surface area contributed by atoms with Crippen LogP contribution in [-0.4, -0.2) is 67.7 Å². The summed E-state index contributed by atoms with van der Waals surface area (Å²) >= 11 is 0. The van der Waals surface area contributed by atoms with E-state index < -0.39 is 0 Å². The predicted molar refractivity (Wildman–Crippen MR) is 74.8 cm³/mol. The maximum absolute atomic E-state index is 12.4. The Bertz CT molecular complexity index is 311. The molecule has 1 saturated heterocycles. The zero-order valence-corrected chi connectivity index (χ0v) is 12.2. The molecule has 5 nitrogen and oxygen atoms in total. The van der Waals surface area contributed by atoms with E-state index in [4.69, 9.17) is 10.5 Å². The Morgan fingerprint density at radius 3 is 2.74 bits per heavy atom. The third-order valence-electron chi connectivity index (χ3n) is 4.48. The fourth-order valence-corrected chi connectivity index (χ4v) is 3.24. The Morgan fingerprint density at radius 1 is 1.37 bits per heavy atom. The van der Waals surface area contributed by atoms with Gasteiger partial charge in [-0.05, 0) is 26.2 Å². The smallest absolute Gasteiger partial charge is 0.225 e. The van der Waals surface area contributed by atoms with Gasteiger partial charge in [0.05, 0.1) is 6.61 Å². The second kappa shape index (κ2) is 6.68. The minimum Gasteiger partial charge on any atom is -0.383 e. The van der Waals surface area contributed by atoms with E-state index in [1.54, 1.807) is 7.11 Å². The van der Waals surface area contributed by atoms with E-state index in [0.717, 1.165) is 52.0 Å². The van der Waals surface area contributed by atoms with Crippen LogP contribution in [0.4, 0.5) is 0 Å². The highest BCUT2D eigenvalue weighted by Gasteiger charge is 2.34. The summed E-state index contributed by atoms with van der Waals surface area (Å²) in [7, 11) is 1.73. The largest absolute Gasteiger partial charge is 0.383 e. The van der Waals surface area contributed by atoms with Crippen molar-refractivity contribution in [1.29, 1.82) is 0 Å². The van der Waals surface area contributed by atoms with Gasteiger partial charge in [-0.15, -0.1) is 0 Å². The second-order valence-corrected chi connectivity index (χ2v) is 5.93. The van der Waals surface area contributed by atoms with Gasteiger partial charge in [0.2, 0.25) is 5.91 Å². The number of hydrogen-bond donors (Lipinski definition) is 1. The summed E-state index contributed by atoms with van der Waals surface area (Å²) in [5.74, 6) is 0.499. The van der Waals surface area contributed by atoms with Crippen LogP contribution < -0.4 is 5.73 Å². The molecule has 0 radical (unpaired) electrons. The molecule has 1 amide bonds. The summed E-state index contributed by atoms with van der Waals surface area (Å²) in [6.45, 7) is 6.54. The van der Waals surface area contributed by atoms with Gasteiger partial charge in [-0.25, -0.2) is 0 Å². The number of piperazine rings is 1. The van der Waals surface area contributed by atoms with Gasteiger partial charge in [0.15, 0.2) is 0 Å². The molecule has 2 aliphatic rings. The number of nitrogens with two attached hydrogens (primary N) is 1. The van der Waals surface area contributed by atoms with Crippen molar-refractivity contribution >= 4 is 5.91 Å². The van der Waals surface area contributed by atoms with Gasteiger partial charge in [-0.1, -0.05) is 0 Å². The Kier molecular flexibility index (Phi) is 5.19. The van der Waals surface area contributed by atoms with Crippen LogP contribution in [0.25, 0.3) is 0 Å². The van der Waals surface area contributed by atoms with Crippen LogP contribution >= 0.6 is 0 Å². The molecule has 0 bridgehead atoms. The number of rotatable bonds is 4. The zero-order chi connectivity index (χ0) is 13.8. The van der Waals surface area contributed by atoms with Crippen LogP contribution in [0.15, 0.2) is 0 Å². The van der Waals surface area contributed by atoms with Gasteiger partial charge in [-0.2, -0.15) is 0 Å². The fourth-order valence-electron chi connectivity index (χ4n) is 3.24. The predicted octanol–water partition coefficient (Wildman–Crippen LogP) is 0.293. The van der Waals surface area contributed by atoms with Crippen LogP contribution in [-0.2, 0) is 9.53 Å².